The highest BCUT2D eigenvalue weighted by Crippen LogP contribution is 2.17. The number of benzene rings is 1. The van der Waals surface area contributed by atoms with Crippen LogP contribution in [0.2, 0.25) is 0 Å². The van der Waals surface area contributed by atoms with Crippen molar-refractivity contribution in [1.82, 2.24) is 5.32 Å². The molecule has 1 aromatic carbocycles. The maximum atomic E-state index is 12.0. The molecule has 0 radical (unpaired) electrons. The van der Waals surface area contributed by atoms with Gasteiger partial charge in [-0.05, 0) is 49.4 Å². The van der Waals surface area contributed by atoms with Crippen LogP contribution in [-0.4, -0.2) is 18.0 Å². The van der Waals surface area contributed by atoms with Crippen LogP contribution >= 0.6 is 11.3 Å². The zero-order valence-electron chi connectivity index (χ0n) is 14.0. The molecule has 0 spiro atoms. The molecule has 0 bridgehead atoms. The summed E-state index contributed by atoms with van der Waals surface area (Å²) in [5.74, 6) is -0.842. The molecule has 0 unspecified atom stereocenters. The maximum absolute atomic E-state index is 12.0. The largest absolute Gasteiger partial charge is 0.449 e. The number of hydrogen-bond donors (Lipinski definition) is 1. The third kappa shape index (κ3) is 5.35. The van der Waals surface area contributed by atoms with Crippen molar-refractivity contribution < 1.29 is 14.3 Å². The Balaban J connectivity index is 1.80. The van der Waals surface area contributed by atoms with E-state index < -0.39 is 12.1 Å². The van der Waals surface area contributed by atoms with Gasteiger partial charge in [-0.25, -0.2) is 4.79 Å². The third-order valence-corrected chi connectivity index (χ3v) is 4.51. The molecule has 0 saturated carbocycles. The molecular weight excluding hydrogens is 322 g/mol. The minimum Gasteiger partial charge on any atom is -0.449 e. The molecule has 1 heterocycles. The van der Waals surface area contributed by atoms with Crippen LogP contribution in [0.4, 0.5) is 0 Å². The number of hydrogen-bond acceptors (Lipinski definition) is 4. The van der Waals surface area contributed by atoms with Crippen molar-refractivity contribution in [2.45, 2.75) is 33.4 Å². The summed E-state index contributed by atoms with van der Waals surface area (Å²) in [6.45, 7) is 5.95. The van der Waals surface area contributed by atoms with E-state index in [9.17, 15) is 9.59 Å². The molecule has 126 valence electrons. The maximum Gasteiger partial charge on any atom is 0.331 e. The topological polar surface area (TPSA) is 55.4 Å². The first-order valence-electron chi connectivity index (χ1n) is 7.72. The summed E-state index contributed by atoms with van der Waals surface area (Å²) in [5, 5.41) is 4.72. The summed E-state index contributed by atoms with van der Waals surface area (Å²) in [5.41, 5.74) is 3.27. The van der Waals surface area contributed by atoms with Gasteiger partial charge in [-0.1, -0.05) is 29.8 Å². The molecule has 1 amide bonds. The fourth-order valence-corrected chi connectivity index (χ4v) is 2.82. The van der Waals surface area contributed by atoms with Gasteiger partial charge in [-0.2, -0.15) is 0 Å². The molecular formula is C19H21NO3S. The zero-order chi connectivity index (χ0) is 17.5. The normalized spacial score (nSPS) is 12.1. The predicted molar refractivity (Wildman–Crippen MR) is 96.7 cm³/mol. The molecule has 2 rings (SSSR count). The van der Waals surface area contributed by atoms with Crippen molar-refractivity contribution in [1.29, 1.82) is 0 Å². The van der Waals surface area contributed by atoms with Crippen LogP contribution in [0.5, 0.6) is 0 Å². The standard InChI is InChI=1S/C19H21NO3S/c1-13-4-6-16(7-5-13)12-20-19(22)15(3)23-18(21)9-8-17-14(2)10-11-24-17/h4-11,15H,12H2,1-3H3,(H,20,22)/b9-8+/t15-/m1/s1. The van der Waals surface area contributed by atoms with Gasteiger partial charge >= 0.3 is 5.97 Å². The monoisotopic (exact) mass is 343 g/mol. The van der Waals surface area contributed by atoms with Crippen LogP contribution in [0, 0.1) is 13.8 Å². The van der Waals surface area contributed by atoms with Crippen LogP contribution < -0.4 is 5.32 Å². The number of amides is 1. The Morgan fingerprint density at radius 2 is 1.92 bits per heavy atom. The van der Waals surface area contributed by atoms with E-state index in [2.05, 4.69) is 5.32 Å². The van der Waals surface area contributed by atoms with Crippen molar-refractivity contribution in [2.24, 2.45) is 0 Å². The Kier molecular flexibility index (Phi) is 6.32. The highest BCUT2D eigenvalue weighted by molar-refractivity contribution is 7.11. The van der Waals surface area contributed by atoms with Gasteiger partial charge in [-0.15, -0.1) is 11.3 Å². The Hall–Kier alpha value is -2.40. The summed E-state index contributed by atoms with van der Waals surface area (Å²) in [7, 11) is 0. The van der Waals surface area contributed by atoms with Crippen molar-refractivity contribution in [3.05, 3.63) is 63.4 Å². The molecule has 5 heteroatoms. The van der Waals surface area contributed by atoms with Gasteiger partial charge < -0.3 is 10.1 Å². The second kappa shape index (κ2) is 8.45. The summed E-state index contributed by atoms with van der Waals surface area (Å²) < 4.78 is 5.12. The van der Waals surface area contributed by atoms with Crippen LogP contribution in [0.1, 0.15) is 28.5 Å². The van der Waals surface area contributed by atoms with E-state index in [1.807, 2.05) is 49.6 Å². The number of rotatable bonds is 6. The number of carbonyl (C=O) groups is 2. The summed E-state index contributed by atoms with van der Waals surface area (Å²) in [6.07, 6.45) is 2.22. The molecule has 24 heavy (non-hydrogen) atoms. The lowest BCUT2D eigenvalue weighted by molar-refractivity contribution is -0.150. The van der Waals surface area contributed by atoms with Gasteiger partial charge in [0.2, 0.25) is 0 Å². The van der Waals surface area contributed by atoms with E-state index in [0.29, 0.717) is 6.54 Å². The number of ether oxygens (including phenoxy) is 1. The van der Waals surface area contributed by atoms with E-state index >= 15 is 0 Å². The van der Waals surface area contributed by atoms with Crippen LogP contribution in [0.3, 0.4) is 0 Å². The summed E-state index contributed by atoms with van der Waals surface area (Å²) in [6, 6.07) is 9.87. The molecule has 0 aliphatic carbocycles. The highest BCUT2D eigenvalue weighted by Gasteiger charge is 2.16. The first kappa shape index (κ1) is 17.9. The predicted octanol–water partition coefficient (Wildman–Crippen LogP) is 3.63. The lowest BCUT2D eigenvalue weighted by Gasteiger charge is -2.12. The molecule has 1 N–H and O–H groups in total. The summed E-state index contributed by atoms with van der Waals surface area (Å²) >= 11 is 1.55. The molecule has 1 aromatic heterocycles. The van der Waals surface area contributed by atoms with Crippen molar-refractivity contribution in [3.63, 3.8) is 0 Å². The van der Waals surface area contributed by atoms with Crippen LogP contribution in [-0.2, 0) is 20.9 Å². The molecule has 2 aromatic rings. The molecule has 1 atom stereocenters. The number of nitrogens with one attached hydrogen (secondary N) is 1. The lowest BCUT2D eigenvalue weighted by Crippen LogP contribution is -2.35. The van der Waals surface area contributed by atoms with E-state index in [1.54, 1.807) is 24.3 Å². The van der Waals surface area contributed by atoms with Gasteiger partial charge in [0.25, 0.3) is 5.91 Å². The van der Waals surface area contributed by atoms with E-state index in [1.165, 1.54) is 11.6 Å². The minimum atomic E-state index is -0.836. The van der Waals surface area contributed by atoms with Crippen molar-refractivity contribution in [3.8, 4) is 0 Å². The second-order valence-electron chi connectivity index (χ2n) is 5.58. The van der Waals surface area contributed by atoms with E-state index in [-0.39, 0.29) is 5.91 Å². The fourth-order valence-electron chi connectivity index (χ4n) is 2.00. The van der Waals surface area contributed by atoms with Gasteiger partial charge in [0.1, 0.15) is 0 Å². The molecule has 0 saturated heterocycles. The fraction of sp³-hybridized carbons (Fsp3) is 0.263. The molecule has 0 fully saturated rings. The Morgan fingerprint density at radius 3 is 2.54 bits per heavy atom. The lowest BCUT2D eigenvalue weighted by atomic mass is 10.1. The Labute approximate surface area is 146 Å². The SMILES string of the molecule is Cc1ccc(CNC(=O)[C@@H](C)OC(=O)/C=C/c2sccc2C)cc1. The summed E-state index contributed by atoms with van der Waals surface area (Å²) in [4.78, 5) is 24.8. The average molecular weight is 343 g/mol. The van der Waals surface area contributed by atoms with Crippen molar-refractivity contribution >= 4 is 29.3 Å². The Bertz CT molecular complexity index is 731. The average Bonchev–Trinajstić information content (AvgIpc) is 2.97. The number of thiophene rings is 1. The number of carbonyl (C=O) groups excluding carboxylic acids is 2. The zero-order valence-corrected chi connectivity index (χ0v) is 14.9. The number of aryl methyl sites for hydroxylation is 2. The minimum absolute atomic E-state index is 0.315. The first-order valence-corrected chi connectivity index (χ1v) is 8.59. The van der Waals surface area contributed by atoms with Gasteiger partial charge in [0, 0.05) is 17.5 Å². The quantitative estimate of drug-likeness (QED) is 0.644. The Morgan fingerprint density at radius 1 is 1.21 bits per heavy atom. The van der Waals surface area contributed by atoms with Crippen LogP contribution in [0.15, 0.2) is 41.8 Å². The van der Waals surface area contributed by atoms with Crippen LogP contribution in [0.25, 0.3) is 6.08 Å². The molecule has 0 aliphatic heterocycles. The number of esters is 1. The van der Waals surface area contributed by atoms with E-state index in [4.69, 9.17) is 4.74 Å². The third-order valence-electron chi connectivity index (χ3n) is 3.52. The first-order chi connectivity index (χ1) is 11.5. The van der Waals surface area contributed by atoms with Gasteiger partial charge in [-0.3, -0.25) is 4.79 Å². The smallest absolute Gasteiger partial charge is 0.331 e. The second-order valence-corrected chi connectivity index (χ2v) is 6.53. The van der Waals surface area contributed by atoms with Crippen molar-refractivity contribution in [2.75, 3.05) is 0 Å². The molecule has 0 aliphatic rings. The van der Waals surface area contributed by atoms with Gasteiger partial charge in [0.15, 0.2) is 6.10 Å². The highest BCUT2D eigenvalue weighted by atomic mass is 32.1. The van der Waals surface area contributed by atoms with Gasteiger partial charge in [0.05, 0.1) is 0 Å². The molecule has 4 nitrogen and oxygen atoms in total. The van der Waals surface area contributed by atoms with E-state index in [0.717, 1.165) is 16.0 Å².